The molecule has 0 unspecified atom stereocenters. The lowest BCUT2D eigenvalue weighted by atomic mass is 9.91. The Labute approximate surface area is 172 Å². The third-order valence-electron chi connectivity index (χ3n) is 4.95. The molecule has 0 radical (unpaired) electrons. The van der Waals surface area contributed by atoms with E-state index in [4.69, 9.17) is 0 Å². The quantitative estimate of drug-likeness (QED) is 0.205. The number of carbonyl (C=O) groups is 1. The van der Waals surface area contributed by atoms with Crippen LogP contribution in [0.2, 0.25) is 0 Å². The third kappa shape index (κ3) is 3.46. The summed E-state index contributed by atoms with van der Waals surface area (Å²) in [6.45, 7) is 0. The van der Waals surface area contributed by atoms with Gasteiger partial charge in [0.2, 0.25) is 0 Å². The van der Waals surface area contributed by atoms with Gasteiger partial charge in [-0.3, -0.25) is 10.1 Å². The Morgan fingerprint density at radius 2 is 1.73 bits per heavy atom. The van der Waals surface area contributed by atoms with E-state index < -0.39 is 10.9 Å². The van der Waals surface area contributed by atoms with Gasteiger partial charge in [-0.1, -0.05) is 54.6 Å². The lowest BCUT2D eigenvalue weighted by Crippen LogP contribution is -2.00. The largest absolute Gasteiger partial charge is 0.466 e. The van der Waals surface area contributed by atoms with Gasteiger partial charge in [0, 0.05) is 17.8 Å². The van der Waals surface area contributed by atoms with Crippen LogP contribution in [0.15, 0.2) is 79.0 Å². The fraction of sp³-hybridized carbons (Fsp3) is 0.0417. The minimum absolute atomic E-state index is 0.0707. The molecule has 6 nitrogen and oxygen atoms in total. The first-order valence-electron chi connectivity index (χ1n) is 9.29. The number of carbonyl (C=O) groups excluding carboxylic acids is 1. The fourth-order valence-corrected chi connectivity index (χ4v) is 3.59. The van der Waals surface area contributed by atoms with Crippen molar-refractivity contribution in [2.24, 2.45) is 0 Å². The third-order valence-corrected chi connectivity index (χ3v) is 4.95. The summed E-state index contributed by atoms with van der Waals surface area (Å²) in [4.78, 5) is 26.7. The Morgan fingerprint density at radius 3 is 2.47 bits per heavy atom. The number of esters is 1. The number of H-pyrrole nitrogens is 1. The molecule has 1 aromatic heterocycles. The molecule has 0 aliphatic rings. The SMILES string of the molecule is COC(=O)/C=C/c1c(-c2ccccc2)ccc(-c2cccc3cc[nH]c23)c1[N+](=O)[O-]. The van der Waals surface area contributed by atoms with E-state index in [1.807, 2.05) is 60.7 Å². The van der Waals surface area contributed by atoms with E-state index in [0.717, 1.165) is 22.0 Å². The van der Waals surface area contributed by atoms with E-state index in [2.05, 4.69) is 9.72 Å². The van der Waals surface area contributed by atoms with Crippen LogP contribution in [0.5, 0.6) is 0 Å². The summed E-state index contributed by atoms with van der Waals surface area (Å²) in [5, 5.41) is 13.2. The van der Waals surface area contributed by atoms with E-state index in [0.29, 0.717) is 16.7 Å². The summed E-state index contributed by atoms with van der Waals surface area (Å²) >= 11 is 0. The molecule has 0 spiro atoms. The van der Waals surface area contributed by atoms with Crippen molar-refractivity contribution < 1.29 is 14.5 Å². The average Bonchev–Trinajstić information content (AvgIpc) is 3.26. The van der Waals surface area contributed by atoms with Gasteiger partial charge in [0.1, 0.15) is 0 Å². The Kier molecular flexibility index (Phi) is 5.13. The molecule has 148 valence electrons. The first-order chi connectivity index (χ1) is 14.6. The van der Waals surface area contributed by atoms with Gasteiger partial charge < -0.3 is 9.72 Å². The van der Waals surface area contributed by atoms with Crippen molar-refractivity contribution in [1.29, 1.82) is 0 Å². The lowest BCUT2D eigenvalue weighted by molar-refractivity contribution is -0.384. The van der Waals surface area contributed by atoms with Crippen molar-refractivity contribution in [2.45, 2.75) is 0 Å². The number of rotatable bonds is 5. The van der Waals surface area contributed by atoms with Crippen LogP contribution in [0.3, 0.4) is 0 Å². The molecule has 6 heteroatoms. The number of para-hydroxylation sites is 1. The topological polar surface area (TPSA) is 85.2 Å². The van der Waals surface area contributed by atoms with Gasteiger partial charge in [0.25, 0.3) is 5.69 Å². The Morgan fingerprint density at radius 1 is 0.967 bits per heavy atom. The summed E-state index contributed by atoms with van der Waals surface area (Å²) in [6, 6.07) is 20.5. The first-order valence-corrected chi connectivity index (χ1v) is 9.29. The standard InChI is InChI=1S/C24H18N2O4/c1-30-22(27)13-12-20-18(16-6-3-2-4-7-16)10-11-21(24(20)26(28)29)19-9-5-8-17-14-15-25-23(17)19/h2-15,25H,1H3/b13-12+. The van der Waals surface area contributed by atoms with Crippen LogP contribution in [0.1, 0.15) is 5.56 Å². The smallest absolute Gasteiger partial charge is 0.330 e. The van der Waals surface area contributed by atoms with Crippen molar-refractivity contribution >= 4 is 28.6 Å². The molecule has 3 aromatic carbocycles. The molecule has 0 bridgehead atoms. The number of hydrogen-bond donors (Lipinski definition) is 1. The molecule has 4 aromatic rings. The number of fused-ring (bicyclic) bond motifs is 1. The van der Waals surface area contributed by atoms with Crippen LogP contribution >= 0.6 is 0 Å². The van der Waals surface area contributed by atoms with Gasteiger partial charge in [-0.05, 0) is 34.7 Å². The van der Waals surface area contributed by atoms with E-state index in [1.54, 1.807) is 12.3 Å². The van der Waals surface area contributed by atoms with Crippen LogP contribution in [0.4, 0.5) is 5.69 Å². The number of nitro groups is 1. The Balaban J connectivity index is 2.04. The zero-order valence-corrected chi connectivity index (χ0v) is 16.2. The van der Waals surface area contributed by atoms with Crippen molar-refractivity contribution in [3.8, 4) is 22.3 Å². The molecule has 1 N–H and O–H groups in total. The minimum Gasteiger partial charge on any atom is -0.466 e. The molecule has 0 saturated heterocycles. The molecule has 30 heavy (non-hydrogen) atoms. The molecule has 0 saturated carbocycles. The number of nitrogens with one attached hydrogen (secondary N) is 1. The molecule has 0 amide bonds. The minimum atomic E-state index is -0.583. The number of hydrogen-bond acceptors (Lipinski definition) is 4. The summed E-state index contributed by atoms with van der Waals surface area (Å²) in [7, 11) is 1.27. The second-order valence-electron chi connectivity index (χ2n) is 6.65. The van der Waals surface area contributed by atoms with E-state index in [9.17, 15) is 14.9 Å². The van der Waals surface area contributed by atoms with Gasteiger partial charge in [-0.25, -0.2) is 4.79 Å². The summed E-state index contributed by atoms with van der Waals surface area (Å²) in [6.07, 6.45) is 4.45. The highest BCUT2D eigenvalue weighted by atomic mass is 16.6. The number of nitrogens with zero attached hydrogens (tertiary/aromatic N) is 1. The Hall–Kier alpha value is -4.19. The summed E-state index contributed by atoms with van der Waals surface area (Å²) < 4.78 is 4.68. The molecule has 4 rings (SSSR count). The van der Waals surface area contributed by atoms with Crippen LogP contribution in [-0.4, -0.2) is 23.0 Å². The van der Waals surface area contributed by atoms with Gasteiger partial charge in [-0.15, -0.1) is 0 Å². The molecule has 0 atom stereocenters. The average molecular weight is 398 g/mol. The molecule has 0 aliphatic carbocycles. The number of aromatic amines is 1. The maximum Gasteiger partial charge on any atom is 0.330 e. The zero-order valence-electron chi connectivity index (χ0n) is 16.2. The predicted octanol–water partition coefficient (Wildman–Crippen LogP) is 5.60. The number of aromatic nitrogens is 1. The van der Waals surface area contributed by atoms with E-state index >= 15 is 0 Å². The monoisotopic (exact) mass is 398 g/mol. The van der Waals surface area contributed by atoms with Gasteiger partial charge in [0.05, 0.1) is 28.7 Å². The van der Waals surface area contributed by atoms with Crippen molar-refractivity contribution in [3.63, 3.8) is 0 Å². The highest BCUT2D eigenvalue weighted by Crippen LogP contribution is 2.41. The predicted molar refractivity (Wildman–Crippen MR) is 117 cm³/mol. The van der Waals surface area contributed by atoms with Crippen molar-refractivity contribution in [2.75, 3.05) is 7.11 Å². The molecule has 1 heterocycles. The number of methoxy groups -OCH3 is 1. The lowest BCUT2D eigenvalue weighted by Gasteiger charge is -2.12. The van der Waals surface area contributed by atoms with Crippen LogP contribution in [0, 0.1) is 10.1 Å². The molecular weight excluding hydrogens is 380 g/mol. The Bertz CT molecular complexity index is 1270. The highest BCUT2D eigenvalue weighted by Gasteiger charge is 2.24. The highest BCUT2D eigenvalue weighted by molar-refractivity contribution is 6.00. The normalized spacial score (nSPS) is 11.1. The van der Waals surface area contributed by atoms with Gasteiger partial charge >= 0.3 is 5.97 Å². The van der Waals surface area contributed by atoms with Crippen molar-refractivity contribution in [3.05, 3.63) is 94.7 Å². The number of benzene rings is 3. The maximum atomic E-state index is 12.2. The van der Waals surface area contributed by atoms with E-state index in [1.165, 1.54) is 19.3 Å². The first kappa shape index (κ1) is 19.1. The van der Waals surface area contributed by atoms with Crippen LogP contribution < -0.4 is 0 Å². The zero-order chi connectivity index (χ0) is 21.1. The number of ether oxygens (including phenoxy) is 1. The molecule has 0 aliphatic heterocycles. The molecular formula is C24H18N2O4. The van der Waals surface area contributed by atoms with E-state index in [-0.39, 0.29) is 5.69 Å². The van der Waals surface area contributed by atoms with Gasteiger partial charge in [0.15, 0.2) is 0 Å². The molecule has 0 fully saturated rings. The summed E-state index contributed by atoms with van der Waals surface area (Å²) in [5.74, 6) is -0.583. The number of nitro benzene ring substituents is 1. The maximum absolute atomic E-state index is 12.2. The second kappa shape index (κ2) is 8.05. The van der Waals surface area contributed by atoms with Crippen LogP contribution in [0.25, 0.3) is 39.2 Å². The van der Waals surface area contributed by atoms with Crippen LogP contribution in [-0.2, 0) is 9.53 Å². The fourth-order valence-electron chi connectivity index (χ4n) is 3.59. The summed E-state index contributed by atoms with van der Waals surface area (Å²) in [5.41, 5.74) is 3.75. The van der Waals surface area contributed by atoms with Gasteiger partial charge in [-0.2, -0.15) is 0 Å². The van der Waals surface area contributed by atoms with Crippen molar-refractivity contribution in [1.82, 2.24) is 4.98 Å². The second-order valence-corrected chi connectivity index (χ2v) is 6.65.